The van der Waals surface area contributed by atoms with Crippen LogP contribution in [0.1, 0.15) is 21.5 Å². The highest BCUT2D eigenvalue weighted by Crippen LogP contribution is 2.19. The summed E-state index contributed by atoms with van der Waals surface area (Å²) in [5, 5.41) is 5.62. The molecule has 0 bridgehead atoms. The number of benzene rings is 2. The highest BCUT2D eigenvalue weighted by molar-refractivity contribution is 6.01. The van der Waals surface area contributed by atoms with Gasteiger partial charge in [-0.3, -0.25) is 9.59 Å². The summed E-state index contributed by atoms with van der Waals surface area (Å²) in [5.41, 5.74) is 3.44. The van der Waals surface area contributed by atoms with E-state index in [0.29, 0.717) is 5.69 Å². The molecule has 1 atom stereocenters. The second-order valence-electron chi connectivity index (χ2n) is 6.71. The van der Waals surface area contributed by atoms with E-state index in [1.165, 1.54) is 7.11 Å². The van der Waals surface area contributed by atoms with Gasteiger partial charge in [0.15, 0.2) is 13.1 Å². The van der Waals surface area contributed by atoms with Crippen LogP contribution in [0.5, 0.6) is 0 Å². The molecule has 148 valence electrons. The van der Waals surface area contributed by atoms with Crippen LogP contribution in [0, 0.1) is 13.8 Å². The summed E-state index contributed by atoms with van der Waals surface area (Å²) in [7, 11) is 3.05. The van der Waals surface area contributed by atoms with Crippen LogP contribution in [0.15, 0.2) is 42.5 Å². The van der Waals surface area contributed by atoms with Gasteiger partial charge in [-0.2, -0.15) is 0 Å². The van der Waals surface area contributed by atoms with Crippen LogP contribution >= 0.6 is 0 Å². The number of ether oxygens (including phenoxy) is 1. The van der Waals surface area contributed by atoms with Crippen molar-refractivity contribution < 1.29 is 24.0 Å². The van der Waals surface area contributed by atoms with Gasteiger partial charge in [-0.25, -0.2) is 4.79 Å². The largest absolute Gasteiger partial charge is 0.465 e. The molecule has 7 nitrogen and oxygen atoms in total. The minimum absolute atomic E-state index is 0.0790. The zero-order chi connectivity index (χ0) is 20.7. The number of hydrogen-bond donors (Lipinski definition) is 3. The Hall–Kier alpha value is -3.19. The second kappa shape index (κ2) is 9.66. The lowest BCUT2D eigenvalue weighted by Crippen LogP contribution is -3.11. The van der Waals surface area contributed by atoms with Crippen molar-refractivity contribution in [3.05, 3.63) is 59.2 Å². The molecule has 2 aromatic rings. The van der Waals surface area contributed by atoms with E-state index in [4.69, 9.17) is 4.74 Å². The van der Waals surface area contributed by atoms with Crippen molar-refractivity contribution in [3.63, 3.8) is 0 Å². The van der Waals surface area contributed by atoms with Gasteiger partial charge in [-0.15, -0.1) is 0 Å². The normalized spacial score (nSPS) is 11.4. The highest BCUT2D eigenvalue weighted by atomic mass is 16.5. The number of hydrogen-bond acceptors (Lipinski definition) is 4. The van der Waals surface area contributed by atoms with Gasteiger partial charge in [0, 0.05) is 5.69 Å². The zero-order valence-corrected chi connectivity index (χ0v) is 16.6. The topological polar surface area (TPSA) is 88.9 Å². The van der Waals surface area contributed by atoms with E-state index >= 15 is 0 Å². The van der Waals surface area contributed by atoms with E-state index < -0.39 is 5.97 Å². The molecule has 0 aliphatic carbocycles. The molecule has 2 aromatic carbocycles. The van der Waals surface area contributed by atoms with Gasteiger partial charge in [0.05, 0.1) is 25.4 Å². The number of anilines is 2. The molecule has 0 aliphatic rings. The summed E-state index contributed by atoms with van der Waals surface area (Å²) in [6, 6.07) is 12.4. The van der Waals surface area contributed by atoms with Crippen molar-refractivity contribution in [2.75, 3.05) is 37.9 Å². The number of nitrogens with one attached hydrogen (secondary N) is 3. The molecule has 0 heterocycles. The van der Waals surface area contributed by atoms with Crippen molar-refractivity contribution in [2.45, 2.75) is 13.8 Å². The first kappa shape index (κ1) is 21.1. The Kier molecular flexibility index (Phi) is 7.28. The first-order valence-electron chi connectivity index (χ1n) is 8.96. The average molecular weight is 384 g/mol. The van der Waals surface area contributed by atoms with E-state index in [1.54, 1.807) is 31.3 Å². The Morgan fingerprint density at radius 1 is 0.893 bits per heavy atom. The molecule has 3 N–H and O–H groups in total. The molecule has 0 fully saturated rings. The maximum atomic E-state index is 12.3. The number of likely N-dealkylation sites (N-methyl/N-ethyl adjacent to an activating group) is 1. The Balaban J connectivity index is 1.93. The maximum absolute atomic E-state index is 12.3. The van der Waals surface area contributed by atoms with Gasteiger partial charge in [-0.1, -0.05) is 30.3 Å². The molecule has 7 heteroatoms. The Morgan fingerprint density at radius 2 is 1.46 bits per heavy atom. The molecule has 1 unspecified atom stereocenters. The number of aryl methyl sites for hydroxylation is 2. The van der Waals surface area contributed by atoms with Crippen LogP contribution in [0.4, 0.5) is 11.4 Å². The van der Waals surface area contributed by atoms with Gasteiger partial charge in [0.1, 0.15) is 0 Å². The Morgan fingerprint density at radius 3 is 2.07 bits per heavy atom. The molecule has 0 saturated heterocycles. The highest BCUT2D eigenvalue weighted by Gasteiger charge is 2.18. The van der Waals surface area contributed by atoms with E-state index in [0.717, 1.165) is 21.7 Å². The van der Waals surface area contributed by atoms with Crippen LogP contribution in [0.3, 0.4) is 0 Å². The molecule has 2 amide bonds. The lowest BCUT2D eigenvalue weighted by Gasteiger charge is -2.16. The fourth-order valence-electron chi connectivity index (χ4n) is 2.88. The van der Waals surface area contributed by atoms with Gasteiger partial charge in [0.25, 0.3) is 11.8 Å². The monoisotopic (exact) mass is 384 g/mol. The van der Waals surface area contributed by atoms with Crippen molar-refractivity contribution in [3.8, 4) is 0 Å². The third kappa shape index (κ3) is 5.65. The minimum atomic E-state index is -0.524. The van der Waals surface area contributed by atoms with Gasteiger partial charge in [-0.05, 0) is 37.1 Å². The summed E-state index contributed by atoms with van der Waals surface area (Å²) in [6.07, 6.45) is 0. The molecule has 0 radical (unpaired) electrons. The number of amides is 2. The molecular formula is C21H26N3O4+. The quantitative estimate of drug-likeness (QED) is 0.626. The standard InChI is InChI=1S/C21H25N3O4/c1-14-8-7-9-15(2)20(14)23-19(26)13-24(3)12-18(25)22-17-11-6-5-10-16(17)21(27)28-4/h5-11H,12-13H2,1-4H3,(H,22,25)(H,23,26)/p+1. The summed E-state index contributed by atoms with van der Waals surface area (Å²) in [5.74, 6) is -0.990. The van der Waals surface area contributed by atoms with Gasteiger partial charge in [0.2, 0.25) is 0 Å². The molecule has 0 aromatic heterocycles. The van der Waals surface area contributed by atoms with Crippen LogP contribution in [0.2, 0.25) is 0 Å². The smallest absolute Gasteiger partial charge is 0.339 e. The van der Waals surface area contributed by atoms with Crippen molar-refractivity contribution in [1.29, 1.82) is 0 Å². The van der Waals surface area contributed by atoms with E-state index in [9.17, 15) is 14.4 Å². The number of quaternary nitrogens is 1. The minimum Gasteiger partial charge on any atom is -0.465 e. The average Bonchev–Trinajstić information content (AvgIpc) is 2.64. The summed E-state index contributed by atoms with van der Waals surface area (Å²) < 4.78 is 4.72. The van der Waals surface area contributed by atoms with Gasteiger partial charge >= 0.3 is 5.97 Å². The zero-order valence-electron chi connectivity index (χ0n) is 16.6. The number of carbonyl (C=O) groups excluding carboxylic acids is 3. The third-order valence-corrected chi connectivity index (χ3v) is 4.28. The molecule has 2 rings (SSSR count). The lowest BCUT2D eigenvalue weighted by atomic mass is 10.1. The Labute approximate surface area is 164 Å². The number of rotatable bonds is 7. The summed E-state index contributed by atoms with van der Waals surface area (Å²) in [4.78, 5) is 37.1. The summed E-state index contributed by atoms with van der Waals surface area (Å²) >= 11 is 0. The second-order valence-corrected chi connectivity index (χ2v) is 6.71. The molecule has 0 saturated carbocycles. The number of para-hydroxylation sites is 2. The number of carbonyl (C=O) groups is 3. The third-order valence-electron chi connectivity index (χ3n) is 4.28. The molecule has 28 heavy (non-hydrogen) atoms. The fourth-order valence-corrected chi connectivity index (χ4v) is 2.88. The fraction of sp³-hybridized carbons (Fsp3) is 0.286. The van der Waals surface area contributed by atoms with Crippen LogP contribution in [-0.2, 0) is 14.3 Å². The lowest BCUT2D eigenvalue weighted by molar-refractivity contribution is -0.862. The predicted octanol–water partition coefficient (Wildman–Crippen LogP) is 1.18. The maximum Gasteiger partial charge on any atom is 0.339 e. The van der Waals surface area contributed by atoms with Gasteiger partial charge < -0.3 is 20.3 Å². The molecule has 0 aliphatic heterocycles. The first-order chi connectivity index (χ1) is 13.3. The van der Waals surface area contributed by atoms with Crippen molar-refractivity contribution in [1.82, 2.24) is 0 Å². The number of esters is 1. The number of methoxy groups -OCH3 is 1. The van der Waals surface area contributed by atoms with E-state index in [-0.39, 0.29) is 30.5 Å². The first-order valence-corrected chi connectivity index (χ1v) is 8.96. The van der Waals surface area contributed by atoms with E-state index in [2.05, 4.69) is 10.6 Å². The van der Waals surface area contributed by atoms with Crippen LogP contribution in [0.25, 0.3) is 0 Å². The molecule has 0 spiro atoms. The van der Waals surface area contributed by atoms with Crippen LogP contribution < -0.4 is 15.5 Å². The van der Waals surface area contributed by atoms with E-state index in [1.807, 2.05) is 32.0 Å². The van der Waals surface area contributed by atoms with Crippen molar-refractivity contribution in [2.24, 2.45) is 0 Å². The SMILES string of the molecule is COC(=O)c1ccccc1NC(=O)C[NH+](C)CC(=O)Nc1c(C)cccc1C. The summed E-state index contributed by atoms with van der Waals surface area (Å²) in [6.45, 7) is 4.09. The Bertz CT molecular complexity index is 859. The predicted molar refractivity (Wildman–Crippen MR) is 108 cm³/mol. The molecular weight excluding hydrogens is 358 g/mol. The van der Waals surface area contributed by atoms with Crippen molar-refractivity contribution >= 4 is 29.2 Å². The van der Waals surface area contributed by atoms with Crippen LogP contribution in [-0.4, -0.2) is 45.0 Å².